The number of carbonyl (C=O) groups is 1. The van der Waals surface area contributed by atoms with E-state index in [4.69, 9.17) is 4.74 Å². The molecule has 0 heterocycles. The van der Waals surface area contributed by atoms with Crippen LogP contribution in [-0.4, -0.2) is 24.8 Å². The van der Waals surface area contributed by atoms with Gasteiger partial charge in [-0.3, -0.25) is 0 Å². The maximum absolute atomic E-state index is 10.9. The van der Waals surface area contributed by atoms with Crippen LogP contribution in [-0.2, 0) is 9.47 Å². The van der Waals surface area contributed by atoms with E-state index in [0.717, 1.165) is 25.7 Å². The van der Waals surface area contributed by atoms with E-state index >= 15 is 0 Å². The summed E-state index contributed by atoms with van der Waals surface area (Å²) in [6.45, 7) is 10.6. The van der Waals surface area contributed by atoms with Crippen LogP contribution in [0.2, 0.25) is 0 Å². The zero-order valence-corrected chi connectivity index (χ0v) is 9.84. The normalized spacial score (nSPS) is 10.9. The maximum atomic E-state index is 10.9. The Kier molecular flexibility index (Phi) is 6.79. The molecule has 4 heteroatoms. The van der Waals surface area contributed by atoms with Crippen LogP contribution in [0.15, 0.2) is 12.8 Å². The minimum Gasteiger partial charge on any atom is -0.419 e. The van der Waals surface area contributed by atoms with Crippen molar-refractivity contribution in [3.05, 3.63) is 12.8 Å². The van der Waals surface area contributed by atoms with Gasteiger partial charge in [0.15, 0.2) is 0 Å². The Labute approximate surface area is 91.6 Å². The molecule has 0 aromatic heterocycles. The van der Waals surface area contributed by atoms with Gasteiger partial charge in [-0.15, -0.1) is 0 Å². The fourth-order valence-electron chi connectivity index (χ4n) is 1.03. The minimum absolute atomic E-state index is 0.211. The molecule has 0 bridgehead atoms. The second-order valence-electron chi connectivity index (χ2n) is 3.86. The first-order valence-electron chi connectivity index (χ1n) is 5.21. The number of nitrogens with one attached hydrogen (secondary N) is 1. The predicted molar refractivity (Wildman–Crippen MR) is 59.6 cm³/mol. The van der Waals surface area contributed by atoms with E-state index in [1.165, 1.54) is 0 Å². The molecule has 0 rings (SSSR count). The van der Waals surface area contributed by atoms with Crippen LogP contribution >= 0.6 is 0 Å². The van der Waals surface area contributed by atoms with E-state index in [9.17, 15) is 4.79 Å². The molecule has 1 N–H and O–H groups in total. The van der Waals surface area contributed by atoms with Gasteiger partial charge in [-0.2, -0.15) is 0 Å². The largest absolute Gasteiger partial charge is 0.419 e. The van der Waals surface area contributed by atoms with E-state index in [1.807, 2.05) is 13.8 Å². The zero-order valence-electron chi connectivity index (χ0n) is 9.84. The molecule has 0 radical (unpaired) electrons. The van der Waals surface area contributed by atoms with Gasteiger partial charge >= 0.3 is 6.09 Å². The average Bonchev–Trinajstić information content (AvgIpc) is 2.15. The second kappa shape index (κ2) is 7.29. The summed E-state index contributed by atoms with van der Waals surface area (Å²) < 4.78 is 10.1. The summed E-state index contributed by atoms with van der Waals surface area (Å²) in [6.07, 6.45) is 2.37. The highest BCUT2D eigenvalue weighted by Crippen LogP contribution is 2.13. The highest BCUT2D eigenvalue weighted by molar-refractivity contribution is 5.67. The summed E-state index contributed by atoms with van der Waals surface area (Å²) in [4.78, 5) is 10.9. The van der Waals surface area contributed by atoms with Gasteiger partial charge in [-0.05, 0) is 26.7 Å². The molecule has 88 valence electrons. The summed E-state index contributed by atoms with van der Waals surface area (Å²) >= 11 is 0. The minimum atomic E-state index is -0.476. The van der Waals surface area contributed by atoms with Crippen molar-refractivity contribution in [2.75, 3.05) is 13.2 Å². The lowest BCUT2D eigenvalue weighted by Crippen LogP contribution is -2.32. The third-order valence-electron chi connectivity index (χ3n) is 1.88. The molecule has 0 fully saturated rings. The number of alkyl carbamates (subject to hydrolysis) is 1. The Balaban J connectivity index is 3.64. The lowest BCUT2D eigenvalue weighted by Gasteiger charge is -2.25. The van der Waals surface area contributed by atoms with Gasteiger partial charge in [0.05, 0.1) is 11.9 Å². The van der Waals surface area contributed by atoms with E-state index in [-0.39, 0.29) is 5.60 Å². The Bertz CT molecular complexity index is 202. The van der Waals surface area contributed by atoms with Crippen LogP contribution in [0.3, 0.4) is 0 Å². The Morgan fingerprint density at radius 2 is 2.20 bits per heavy atom. The molecule has 0 aliphatic carbocycles. The van der Waals surface area contributed by atoms with Crippen molar-refractivity contribution in [2.24, 2.45) is 0 Å². The summed E-state index contributed by atoms with van der Waals surface area (Å²) in [5.41, 5.74) is -0.211. The molecule has 4 nitrogen and oxygen atoms in total. The number of hydrogen-bond acceptors (Lipinski definition) is 3. The highest BCUT2D eigenvalue weighted by Gasteiger charge is 2.17. The van der Waals surface area contributed by atoms with Crippen molar-refractivity contribution in [1.29, 1.82) is 0 Å². The summed E-state index contributed by atoms with van der Waals surface area (Å²) in [5, 5.41) is 2.60. The summed E-state index contributed by atoms with van der Waals surface area (Å²) in [7, 11) is 0. The fourth-order valence-corrected chi connectivity index (χ4v) is 1.03. The van der Waals surface area contributed by atoms with Crippen LogP contribution in [0.5, 0.6) is 0 Å². The third kappa shape index (κ3) is 8.00. The van der Waals surface area contributed by atoms with Crippen molar-refractivity contribution in [3.8, 4) is 0 Å². The first kappa shape index (κ1) is 14.0. The van der Waals surface area contributed by atoms with Crippen LogP contribution in [0.4, 0.5) is 4.79 Å². The van der Waals surface area contributed by atoms with Gasteiger partial charge in [0.25, 0.3) is 0 Å². The number of hydrogen-bond donors (Lipinski definition) is 1. The molecule has 0 aromatic rings. The topological polar surface area (TPSA) is 47.6 Å². The van der Waals surface area contributed by atoms with Crippen molar-refractivity contribution >= 4 is 6.09 Å². The molecule has 0 aliphatic rings. The van der Waals surface area contributed by atoms with E-state index in [2.05, 4.69) is 23.6 Å². The van der Waals surface area contributed by atoms with Gasteiger partial charge in [0.2, 0.25) is 0 Å². The molecule has 1 amide bonds. The Morgan fingerprint density at radius 3 is 2.73 bits per heavy atom. The first-order valence-corrected chi connectivity index (χ1v) is 5.21. The standard InChI is InChI=1S/C11H21NO3/c1-5-9-15-11(3,4)7-8-12-10(13)14-6-2/h6H,2,5,7-9H2,1,3-4H3,(H,12,13). The lowest BCUT2D eigenvalue weighted by molar-refractivity contribution is -0.0222. The smallest absolute Gasteiger partial charge is 0.411 e. The molecular formula is C11H21NO3. The predicted octanol–water partition coefficient (Wildman–Crippen LogP) is 2.45. The van der Waals surface area contributed by atoms with Gasteiger partial charge in [0.1, 0.15) is 0 Å². The number of carbonyl (C=O) groups excluding carboxylic acids is 1. The van der Waals surface area contributed by atoms with Crippen molar-refractivity contribution in [1.82, 2.24) is 5.32 Å². The molecule has 15 heavy (non-hydrogen) atoms. The van der Waals surface area contributed by atoms with Gasteiger partial charge in [-0.25, -0.2) is 4.79 Å². The second-order valence-corrected chi connectivity index (χ2v) is 3.86. The number of amides is 1. The van der Waals surface area contributed by atoms with Crippen molar-refractivity contribution in [2.45, 2.75) is 39.2 Å². The summed E-state index contributed by atoms with van der Waals surface area (Å²) in [5.74, 6) is 0. The van der Waals surface area contributed by atoms with Crippen LogP contribution in [0.1, 0.15) is 33.6 Å². The van der Waals surface area contributed by atoms with E-state index in [0.29, 0.717) is 6.54 Å². The van der Waals surface area contributed by atoms with Gasteiger partial charge in [-0.1, -0.05) is 13.5 Å². The van der Waals surface area contributed by atoms with Crippen LogP contribution in [0, 0.1) is 0 Å². The quantitative estimate of drug-likeness (QED) is 0.663. The van der Waals surface area contributed by atoms with Gasteiger partial charge < -0.3 is 14.8 Å². The molecule has 0 atom stereocenters. The lowest BCUT2D eigenvalue weighted by atomic mass is 10.1. The highest BCUT2D eigenvalue weighted by atomic mass is 16.5. The monoisotopic (exact) mass is 215 g/mol. The SMILES string of the molecule is C=COC(=O)NCCC(C)(C)OCCC. The third-order valence-corrected chi connectivity index (χ3v) is 1.88. The maximum Gasteiger partial charge on any atom is 0.411 e. The average molecular weight is 215 g/mol. The number of rotatable bonds is 7. The zero-order chi connectivity index (χ0) is 11.7. The molecule has 0 aromatic carbocycles. The van der Waals surface area contributed by atoms with Crippen LogP contribution < -0.4 is 5.32 Å². The summed E-state index contributed by atoms with van der Waals surface area (Å²) in [6, 6.07) is 0. The molecule has 0 aliphatic heterocycles. The molecule has 0 unspecified atom stereocenters. The van der Waals surface area contributed by atoms with Gasteiger partial charge in [0, 0.05) is 13.2 Å². The van der Waals surface area contributed by atoms with Crippen LogP contribution in [0.25, 0.3) is 0 Å². The van der Waals surface area contributed by atoms with E-state index < -0.39 is 6.09 Å². The van der Waals surface area contributed by atoms with Crippen molar-refractivity contribution < 1.29 is 14.3 Å². The molecule has 0 saturated heterocycles. The number of ether oxygens (including phenoxy) is 2. The van der Waals surface area contributed by atoms with E-state index in [1.54, 1.807) is 0 Å². The molecular weight excluding hydrogens is 194 g/mol. The first-order chi connectivity index (χ1) is 7.02. The Hall–Kier alpha value is -1.03. The Morgan fingerprint density at radius 1 is 1.53 bits per heavy atom. The van der Waals surface area contributed by atoms with Crippen molar-refractivity contribution in [3.63, 3.8) is 0 Å². The molecule has 0 spiro atoms. The fraction of sp³-hybridized carbons (Fsp3) is 0.727. The molecule has 0 saturated carbocycles.